The van der Waals surface area contributed by atoms with E-state index in [-0.39, 0.29) is 24.0 Å². The molecular formula is C22H30IN3O5. The highest BCUT2D eigenvalue weighted by molar-refractivity contribution is 14.0. The minimum atomic E-state index is -0.454. The van der Waals surface area contributed by atoms with Crippen LogP contribution in [0.1, 0.15) is 29.8 Å². The number of carbonyl (C=O) groups is 1. The zero-order chi connectivity index (χ0) is 21.9. The van der Waals surface area contributed by atoms with Crippen molar-refractivity contribution >= 4 is 41.6 Å². The molecule has 0 unspecified atom stereocenters. The molecule has 0 aliphatic rings. The molecule has 0 bridgehead atoms. The lowest BCUT2D eigenvalue weighted by Gasteiger charge is -2.14. The van der Waals surface area contributed by atoms with Crippen molar-refractivity contribution in [1.29, 1.82) is 0 Å². The number of benzene rings is 2. The third-order valence-electron chi connectivity index (χ3n) is 4.16. The highest BCUT2D eigenvalue weighted by Gasteiger charge is 2.13. The summed E-state index contributed by atoms with van der Waals surface area (Å²) in [6, 6.07) is 10.9. The molecule has 0 saturated heterocycles. The minimum Gasteiger partial charge on any atom is -0.496 e. The van der Waals surface area contributed by atoms with Crippen molar-refractivity contribution in [3.63, 3.8) is 0 Å². The molecule has 31 heavy (non-hydrogen) atoms. The van der Waals surface area contributed by atoms with Crippen LogP contribution in [0, 0.1) is 0 Å². The lowest BCUT2D eigenvalue weighted by molar-refractivity contribution is 0.0597. The van der Waals surface area contributed by atoms with Gasteiger partial charge in [0.05, 0.1) is 34.5 Å². The predicted molar refractivity (Wildman–Crippen MR) is 132 cm³/mol. The second-order valence-electron chi connectivity index (χ2n) is 6.15. The van der Waals surface area contributed by atoms with Crippen molar-refractivity contribution in [3.05, 3.63) is 47.5 Å². The summed E-state index contributed by atoms with van der Waals surface area (Å²) in [5, 5.41) is 6.45. The first kappa shape index (κ1) is 26.3. The molecule has 0 spiro atoms. The second kappa shape index (κ2) is 13.6. The zero-order valence-electron chi connectivity index (χ0n) is 18.5. The van der Waals surface area contributed by atoms with E-state index in [9.17, 15) is 4.79 Å². The Bertz CT molecular complexity index is 889. The Labute approximate surface area is 200 Å². The first-order valence-corrected chi connectivity index (χ1v) is 9.67. The average Bonchev–Trinajstić information content (AvgIpc) is 2.77. The van der Waals surface area contributed by atoms with Gasteiger partial charge in [-0.1, -0.05) is 6.07 Å². The fraction of sp³-hybridized carbons (Fsp3) is 0.364. The van der Waals surface area contributed by atoms with Crippen molar-refractivity contribution < 1.29 is 23.7 Å². The standard InChI is InChI=1S/C22H29N3O5.HI/c1-6-23-22(25-16-9-11-19(30-7-2)20(13-16)28-4)24-14-15-8-10-18(27-3)17(12-15)21(26)29-5;/h8-13H,6-7,14H2,1-5H3,(H2,23,24,25);1H. The van der Waals surface area contributed by atoms with Crippen molar-refractivity contribution in [2.75, 3.05) is 39.8 Å². The number of aliphatic imine (C=N–C) groups is 1. The maximum atomic E-state index is 12.0. The van der Waals surface area contributed by atoms with Crippen molar-refractivity contribution in [3.8, 4) is 17.2 Å². The van der Waals surface area contributed by atoms with Crippen molar-refractivity contribution in [2.45, 2.75) is 20.4 Å². The lowest BCUT2D eigenvalue weighted by atomic mass is 10.1. The lowest BCUT2D eigenvalue weighted by Crippen LogP contribution is -2.30. The number of hydrogen-bond acceptors (Lipinski definition) is 6. The summed E-state index contributed by atoms with van der Waals surface area (Å²) in [5.41, 5.74) is 2.01. The van der Waals surface area contributed by atoms with E-state index in [4.69, 9.17) is 18.9 Å². The van der Waals surface area contributed by atoms with E-state index in [0.29, 0.717) is 48.5 Å². The van der Waals surface area contributed by atoms with Crippen molar-refractivity contribution in [1.82, 2.24) is 5.32 Å². The van der Waals surface area contributed by atoms with Gasteiger partial charge in [0, 0.05) is 18.3 Å². The summed E-state index contributed by atoms with van der Waals surface area (Å²) in [6.07, 6.45) is 0. The van der Waals surface area contributed by atoms with Crippen LogP contribution in [0.2, 0.25) is 0 Å². The number of nitrogens with zero attached hydrogens (tertiary/aromatic N) is 1. The number of halogens is 1. The summed E-state index contributed by atoms with van der Waals surface area (Å²) >= 11 is 0. The van der Waals surface area contributed by atoms with Gasteiger partial charge in [0.15, 0.2) is 17.5 Å². The summed E-state index contributed by atoms with van der Waals surface area (Å²) < 4.78 is 21.0. The van der Waals surface area contributed by atoms with E-state index in [2.05, 4.69) is 15.6 Å². The van der Waals surface area contributed by atoms with Crippen LogP contribution in [0.15, 0.2) is 41.4 Å². The number of nitrogens with one attached hydrogen (secondary N) is 2. The van der Waals surface area contributed by atoms with Crippen LogP contribution in [0.4, 0.5) is 5.69 Å². The van der Waals surface area contributed by atoms with Crippen LogP contribution >= 0.6 is 24.0 Å². The van der Waals surface area contributed by atoms with Crippen LogP contribution in [0.25, 0.3) is 0 Å². The molecule has 0 aliphatic carbocycles. The number of anilines is 1. The molecule has 2 aromatic rings. The quantitative estimate of drug-likeness (QED) is 0.213. The van der Waals surface area contributed by atoms with E-state index >= 15 is 0 Å². The smallest absolute Gasteiger partial charge is 0.341 e. The van der Waals surface area contributed by atoms with Gasteiger partial charge in [-0.15, -0.1) is 24.0 Å². The topological polar surface area (TPSA) is 90.4 Å². The highest BCUT2D eigenvalue weighted by Crippen LogP contribution is 2.30. The summed E-state index contributed by atoms with van der Waals surface area (Å²) in [7, 11) is 4.45. The molecule has 0 saturated carbocycles. The molecule has 170 valence electrons. The molecular weight excluding hydrogens is 513 g/mol. The monoisotopic (exact) mass is 543 g/mol. The van der Waals surface area contributed by atoms with E-state index in [0.717, 1.165) is 11.3 Å². The van der Waals surface area contributed by atoms with Crippen LogP contribution in [-0.2, 0) is 11.3 Å². The highest BCUT2D eigenvalue weighted by atomic mass is 127. The number of hydrogen-bond donors (Lipinski definition) is 2. The number of rotatable bonds is 9. The summed E-state index contributed by atoms with van der Waals surface area (Å²) in [6.45, 7) is 5.52. The van der Waals surface area contributed by atoms with Gasteiger partial charge >= 0.3 is 5.97 Å². The second-order valence-corrected chi connectivity index (χ2v) is 6.15. The maximum absolute atomic E-state index is 12.0. The van der Waals surface area contributed by atoms with Crippen LogP contribution in [-0.4, -0.2) is 46.4 Å². The van der Waals surface area contributed by atoms with Crippen LogP contribution < -0.4 is 24.8 Å². The summed E-state index contributed by atoms with van der Waals surface area (Å²) in [4.78, 5) is 16.6. The molecule has 9 heteroatoms. The Balaban J connectivity index is 0.00000480. The Hall–Kier alpha value is -2.69. The molecule has 0 amide bonds. The number of methoxy groups -OCH3 is 3. The average molecular weight is 543 g/mol. The number of carbonyl (C=O) groups excluding carboxylic acids is 1. The van der Waals surface area contributed by atoms with Gasteiger partial charge in [-0.05, 0) is 43.7 Å². The maximum Gasteiger partial charge on any atom is 0.341 e. The molecule has 0 atom stereocenters. The van der Waals surface area contributed by atoms with E-state index in [1.54, 1.807) is 19.2 Å². The molecule has 0 fully saturated rings. The van der Waals surface area contributed by atoms with Crippen LogP contribution in [0.5, 0.6) is 17.2 Å². The summed E-state index contributed by atoms with van der Waals surface area (Å²) in [5.74, 6) is 1.92. The normalized spacial score (nSPS) is 10.5. The molecule has 2 N–H and O–H groups in total. The molecule has 2 aromatic carbocycles. The van der Waals surface area contributed by atoms with Gasteiger partial charge in [0.25, 0.3) is 0 Å². The Morgan fingerprint density at radius 2 is 1.68 bits per heavy atom. The molecule has 0 radical (unpaired) electrons. The largest absolute Gasteiger partial charge is 0.496 e. The Morgan fingerprint density at radius 3 is 2.29 bits per heavy atom. The van der Waals surface area contributed by atoms with Gasteiger partial charge in [-0.25, -0.2) is 9.79 Å². The third-order valence-corrected chi connectivity index (χ3v) is 4.16. The van der Waals surface area contributed by atoms with Crippen LogP contribution in [0.3, 0.4) is 0 Å². The SMILES string of the molecule is CCNC(=NCc1ccc(OC)c(C(=O)OC)c1)Nc1ccc(OCC)c(OC)c1.I. The molecule has 8 nitrogen and oxygen atoms in total. The van der Waals surface area contributed by atoms with E-state index < -0.39 is 5.97 Å². The fourth-order valence-corrected chi connectivity index (χ4v) is 2.76. The third kappa shape index (κ3) is 7.50. The van der Waals surface area contributed by atoms with Gasteiger partial charge < -0.3 is 29.6 Å². The molecule has 0 aromatic heterocycles. The van der Waals surface area contributed by atoms with Gasteiger partial charge in [-0.2, -0.15) is 0 Å². The Morgan fingerprint density at radius 1 is 0.968 bits per heavy atom. The minimum absolute atomic E-state index is 0. The Kier molecular flexibility index (Phi) is 11.5. The van der Waals surface area contributed by atoms with E-state index in [1.807, 2.05) is 38.1 Å². The van der Waals surface area contributed by atoms with E-state index in [1.165, 1.54) is 14.2 Å². The first-order valence-electron chi connectivity index (χ1n) is 9.67. The zero-order valence-corrected chi connectivity index (χ0v) is 20.8. The first-order chi connectivity index (χ1) is 14.6. The number of esters is 1. The molecule has 2 rings (SSSR count). The number of ether oxygens (including phenoxy) is 4. The fourth-order valence-electron chi connectivity index (χ4n) is 2.76. The van der Waals surface area contributed by atoms with Crippen molar-refractivity contribution in [2.24, 2.45) is 4.99 Å². The van der Waals surface area contributed by atoms with Gasteiger partial charge in [0.1, 0.15) is 11.3 Å². The van der Waals surface area contributed by atoms with Gasteiger partial charge in [-0.3, -0.25) is 0 Å². The molecule has 0 heterocycles. The molecule has 0 aliphatic heterocycles. The number of guanidine groups is 1. The predicted octanol–water partition coefficient (Wildman–Crippen LogP) is 4.08. The van der Waals surface area contributed by atoms with Gasteiger partial charge in [0.2, 0.25) is 0 Å².